The average molecular weight is 347 g/mol. The van der Waals surface area contributed by atoms with E-state index in [-0.39, 0.29) is 5.92 Å². The predicted molar refractivity (Wildman–Crippen MR) is 92.3 cm³/mol. The van der Waals surface area contributed by atoms with Crippen LogP contribution in [0.3, 0.4) is 0 Å². The number of tetrazole rings is 1. The molecule has 7 nitrogen and oxygen atoms in total. The Morgan fingerprint density at radius 1 is 1.25 bits per heavy atom. The second kappa shape index (κ2) is 7.23. The molecule has 0 N–H and O–H groups in total. The van der Waals surface area contributed by atoms with Crippen molar-refractivity contribution in [1.82, 2.24) is 24.5 Å². The summed E-state index contributed by atoms with van der Waals surface area (Å²) in [6.07, 6.45) is 6.96. The topological polar surface area (TPSA) is 81.0 Å². The lowest BCUT2D eigenvalue weighted by atomic mass is 10.00. The first-order valence-corrected chi connectivity index (χ1v) is 9.81. The third-order valence-corrected chi connectivity index (χ3v) is 5.44. The molecule has 0 bridgehead atoms. The normalized spacial score (nSPS) is 19.8. The van der Waals surface area contributed by atoms with Crippen LogP contribution in [0.5, 0.6) is 0 Å². The molecule has 2 heterocycles. The molecule has 1 aromatic carbocycles. The van der Waals surface area contributed by atoms with Crippen LogP contribution < -0.4 is 0 Å². The Morgan fingerprint density at radius 3 is 2.79 bits per heavy atom. The van der Waals surface area contributed by atoms with Gasteiger partial charge in [0.15, 0.2) is 5.82 Å². The summed E-state index contributed by atoms with van der Waals surface area (Å²) in [5.41, 5.74) is 1.08. The molecule has 24 heavy (non-hydrogen) atoms. The highest BCUT2D eigenvalue weighted by atomic mass is 32.2. The van der Waals surface area contributed by atoms with Crippen LogP contribution in [0.25, 0.3) is 12.2 Å². The minimum Gasteiger partial charge on any atom is -0.226 e. The van der Waals surface area contributed by atoms with Crippen molar-refractivity contribution in [3.05, 3.63) is 41.7 Å². The number of sulfonamides is 1. The Kier molecular flexibility index (Phi) is 5.06. The number of hydrogen-bond donors (Lipinski definition) is 0. The van der Waals surface area contributed by atoms with Gasteiger partial charge in [0.25, 0.3) is 0 Å². The van der Waals surface area contributed by atoms with E-state index >= 15 is 0 Å². The number of aromatic nitrogens is 4. The monoisotopic (exact) mass is 347 g/mol. The lowest BCUT2D eigenvalue weighted by molar-refractivity contribution is 0.239. The number of benzene rings is 1. The summed E-state index contributed by atoms with van der Waals surface area (Å²) >= 11 is 0. The Hall–Kier alpha value is -2.06. The molecule has 8 heteroatoms. The molecule has 1 atom stereocenters. The second-order valence-electron chi connectivity index (χ2n) is 6.09. The molecule has 1 aliphatic heterocycles. The molecule has 1 fully saturated rings. The van der Waals surface area contributed by atoms with Crippen LogP contribution >= 0.6 is 0 Å². The van der Waals surface area contributed by atoms with Gasteiger partial charge in [-0.15, -0.1) is 5.10 Å². The molecule has 0 spiro atoms. The summed E-state index contributed by atoms with van der Waals surface area (Å²) in [5, 5.41) is 11.8. The summed E-state index contributed by atoms with van der Waals surface area (Å²) in [6, 6.07) is 9.94. The largest absolute Gasteiger partial charge is 0.226 e. The number of nitrogens with zero attached hydrogens (tertiary/aromatic N) is 5. The lowest BCUT2D eigenvalue weighted by Gasteiger charge is -2.30. The highest BCUT2D eigenvalue weighted by Gasteiger charge is 2.26. The standard InChI is InChI=1S/C16H21N5O2S/c1-24(22,23)20-11-5-8-15(12-20)13-21-16(17-18-19-21)10-9-14-6-3-2-4-7-14/h2-4,6-7,9-10,15H,5,8,11-13H2,1H3. The molecule has 2 aromatic rings. The molecular formula is C16H21N5O2S. The predicted octanol–water partition coefficient (Wildman–Crippen LogP) is 1.52. The smallest absolute Gasteiger partial charge is 0.211 e. The van der Waals surface area contributed by atoms with Crippen molar-refractivity contribution in [3.63, 3.8) is 0 Å². The van der Waals surface area contributed by atoms with Crippen LogP contribution in [0.2, 0.25) is 0 Å². The van der Waals surface area contributed by atoms with Gasteiger partial charge in [0.2, 0.25) is 10.0 Å². The molecule has 128 valence electrons. The second-order valence-corrected chi connectivity index (χ2v) is 8.07. The summed E-state index contributed by atoms with van der Waals surface area (Å²) in [6.45, 7) is 1.75. The first-order valence-electron chi connectivity index (χ1n) is 7.97. The van der Waals surface area contributed by atoms with Gasteiger partial charge in [-0.1, -0.05) is 36.4 Å². The zero-order valence-corrected chi connectivity index (χ0v) is 14.4. The number of rotatable bonds is 5. The average Bonchev–Trinajstić information content (AvgIpc) is 3.00. The van der Waals surface area contributed by atoms with Crippen molar-refractivity contribution < 1.29 is 8.42 Å². The van der Waals surface area contributed by atoms with E-state index in [4.69, 9.17) is 0 Å². The van der Waals surface area contributed by atoms with Gasteiger partial charge in [-0.2, -0.15) is 0 Å². The fourth-order valence-electron chi connectivity index (χ4n) is 2.92. The summed E-state index contributed by atoms with van der Waals surface area (Å²) in [7, 11) is -3.14. The molecule has 0 aliphatic carbocycles. The van der Waals surface area contributed by atoms with Crippen LogP contribution in [0.4, 0.5) is 0 Å². The van der Waals surface area contributed by atoms with Crippen LogP contribution in [-0.2, 0) is 16.6 Å². The molecule has 1 aromatic heterocycles. The van der Waals surface area contributed by atoms with Gasteiger partial charge in [0.1, 0.15) is 0 Å². The third kappa shape index (κ3) is 4.27. The minimum atomic E-state index is -3.14. The van der Waals surface area contributed by atoms with Crippen molar-refractivity contribution in [2.24, 2.45) is 5.92 Å². The van der Waals surface area contributed by atoms with Gasteiger partial charge in [0, 0.05) is 19.6 Å². The molecule has 1 unspecified atom stereocenters. The maximum absolute atomic E-state index is 11.7. The quantitative estimate of drug-likeness (QED) is 0.819. The molecule has 0 saturated carbocycles. The fraction of sp³-hybridized carbons (Fsp3) is 0.438. The van der Waals surface area contributed by atoms with Crippen molar-refractivity contribution in [2.45, 2.75) is 19.4 Å². The Balaban J connectivity index is 1.68. The SMILES string of the molecule is CS(=O)(=O)N1CCCC(Cn2nnnc2C=Cc2ccccc2)C1. The summed E-state index contributed by atoms with van der Waals surface area (Å²) in [4.78, 5) is 0. The summed E-state index contributed by atoms with van der Waals surface area (Å²) < 4.78 is 26.7. The minimum absolute atomic E-state index is 0.223. The Morgan fingerprint density at radius 2 is 2.04 bits per heavy atom. The van der Waals surface area contributed by atoms with Crippen LogP contribution in [0, 0.1) is 5.92 Å². The van der Waals surface area contributed by atoms with Crippen molar-refractivity contribution >= 4 is 22.2 Å². The van der Waals surface area contributed by atoms with E-state index in [1.54, 1.807) is 8.99 Å². The van der Waals surface area contributed by atoms with Crippen LogP contribution in [-0.4, -0.2) is 52.3 Å². The number of piperidine rings is 1. The molecule has 0 amide bonds. The van der Waals surface area contributed by atoms with Gasteiger partial charge in [-0.25, -0.2) is 17.4 Å². The van der Waals surface area contributed by atoms with E-state index in [0.717, 1.165) is 18.4 Å². The molecule has 1 aliphatic rings. The van der Waals surface area contributed by atoms with Crippen molar-refractivity contribution in [3.8, 4) is 0 Å². The maximum Gasteiger partial charge on any atom is 0.211 e. The maximum atomic E-state index is 11.7. The summed E-state index contributed by atoms with van der Waals surface area (Å²) in [5.74, 6) is 0.899. The molecule has 1 saturated heterocycles. The first-order chi connectivity index (χ1) is 11.5. The van der Waals surface area contributed by atoms with E-state index in [0.29, 0.717) is 25.5 Å². The van der Waals surface area contributed by atoms with E-state index < -0.39 is 10.0 Å². The highest BCUT2D eigenvalue weighted by Crippen LogP contribution is 2.20. The Bertz CT molecular complexity index is 801. The van der Waals surface area contributed by atoms with Gasteiger partial charge in [-0.3, -0.25) is 0 Å². The molecular weight excluding hydrogens is 326 g/mol. The van der Waals surface area contributed by atoms with Gasteiger partial charge in [0.05, 0.1) is 6.26 Å². The molecule has 0 radical (unpaired) electrons. The third-order valence-electron chi connectivity index (χ3n) is 4.17. The van der Waals surface area contributed by atoms with Crippen molar-refractivity contribution in [2.75, 3.05) is 19.3 Å². The van der Waals surface area contributed by atoms with Crippen LogP contribution in [0.15, 0.2) is 30.3 Å². The number of hydrogen-bond acceptors (Lipinski definition) is 5. The molecule has 3 rings (SSSR count). The highest BCUT2D eigenvalue weighted by molar-refractivity contribution is 7.88. The fourth-order valence-corrected chi connectivity index (χ4v) is 3.86. The zero-order valence-electron chi connectivity index (χ0n) is 13.6. The lowest BCUT2D eigenvalue weighted by Crippen LogP contribution is -2.40. The van der Waals surface area contributed by atoms with Crippen molar-refractivity contribution in [1.29, 1.82) is 0 Å². The van der Waals surface area contributed by atoms with Gasteiger partial charge in [-0.05, 0) is 40.8 Å². The first kappa shape index (κ1) is 16.8. The van der Waals surface area contributed by atoms with E-state index in [1.165, 1.54) is 6.26 Å². The Labute approximate surface area is 142 Å². The van der Waals surface area contributed by atoms with Gasteiger partial charge < -0.3 is 0 Å². The zero-order chi connectivity index (χ0) is 17.0. The van der Waals surface area contributed by atoms with Crippen LogP contribution in [0.1, 0.15) is 24.2 Å². The van der Waals surface area contributed by atoms with E-state index in [2.05, 4.69) is 15.5 Å². The van der Waals surface area contributed by atoms with Gasteiger partial charge >= 0.3 is 0 Å². The van der Waals surface area contributed by atoms with E-state index in [9.17, 15) is 8.42 Å². The van der Waals surface area contributed by atoms with E-state index in [1.807, 2.05) is 42.5 Å².